The van der Waals surface area contributed by atoms with E-state index in [4.69, 9.17) is 4.42 Å². The van der Waals surface area contributed by atoms with Crippen LogP contribution in [0, 0.1) is 0 Å². The molecule has 0 bridgehead atoms. The number of thioether (sulfide) groups is 1. The summed E-state index contributed by atoms with van der Waals surface area (Å²) in [5.41, 5.74) is 2.05. The van der Waals surface area contributed by atoms with E-state index < -0.39 is 0 Å². The van der Waals surface area contributed by atoms with Gasteiger partial charge in [-0.15, -0.1) is 10.2 Å². The molecule has 0 saturated carbocycles. The Morgan fingerprint density at radius 3 is 2.68 bits per heavy atom. The first-order valence-electron chi connectivity index (χ1n) is 8.75. The van der Waals surface area contributed by atoms with Crippen LogP contribution in [0.4, 0.5) is 5.69 Å². The van der Waals surface area contributed by atoms with Crippen molar-refractivity contribution in [3.63, 3.8) is 0 Å². The summed E-state index contributed by atoms with van der Waals surface area (Å²) in [7, 11) is 0. The van der Waals surface area contributed by atoms with Gasteiger partial charge in [-0.2, -0.15) is 0 Å². The van der Waals surface area contributed by atoms with Crippen molar-refractivity contribution < 1.29 is 9.21 Å². The van der Waals surface area contributed by atoms with Crippen molar-refractivity contribution in [2.24, 2.45) is 0 Å². The third-order valence-electron chi connectivity index (χ3n) is 4.28. The van der Waals surface area contributed by atoms with Crippen LogP contribution in [0.5, 0.6) is 0 Å². The fourth-order valence-electron chi connectivity index (χ4n) is 2.75. The Kier molecular flexibility index (Phi) is 6.09. The van der Waals surface area contributed by atoms with Crippen LogP contribution in [0.1, 0.15) is 38.1 Å². The van der Waals surface area contributed by atoms with Crippen LogP contribution in [-0.4, -0.2) is 39.3 Å². The van der Waals surface area contributed by atoms with Crippen molar-refractivity contribution in [1.82, 2.24) is 15.1 Å². The second-order valence-corrected chi connectivity index (χ2v) is 7.54. The number of hydrogen-bond donors (Lipinski definition) is 1. The molecule has 1 aliphatic rings. The Labute approximate surface area is 152 Å². The zero-order valence-electron chi connectivity index (χ0n) is 14.7. The molecule has 1 atom stereocenters. The molecule has 1 aromatic carbocycles. The van der Waals surface area contributed by atoms with E-state index in [0.717, 1.165) is 25.2 Å². The summed E-state index contributed by atoms with van der Waals surface area (Å²) in [6.07, 6.45) is 3.44. The van der Waals surface area contributed by atoms with Gasteiger partial charge in [-0.3, -0.25) is 9.69 Å². The van der Waals surface area contributed by atoms with Crippen LogP contribution in [0.2, 0.25) is 0 Å². The number of carbonyl (C=O) groups excluding carboxylic acids is 1. The van der Waals surface area contributed by atoms with Crippen LogP contribution in [0.15, 0.2) is 33.9 Å². The Bertz CT molecular complexity index is 695. The zero-order chi connectivity index (χ0) is 17.6. The van der Waals surface area contributed by atoms with Crippen LogP contribution in [0.3, 0.4) is 0 Å². The van der Waals surface area contributed by atoms with Gasteiger partial charge in [-0.05, 0) is 57.0 Å². The molecule has 7 heteroatoms. The summed E-state index contributed by atoms with van der Waals surface area (Å²) in [5, 5.41) is 11.2. The fourth-order valence-corrected chi connectivity index (χ4v) is 3.45. The smallest absolute Gasteiger partial charge is 0.277 e. The van der Waals surface area contributed by atoms with E-state index in [1.807, 2.05) is 31.2 Å². The first-order chi connectivity index (χ1) is 12.1. The highest BCUT2D eigenvalue weighted by molar-refractivity contribution is 8.00. The van der Waals surface area contributed by atoms with Gasteiger partial charge in [0.2, 0.25) is 11.8 Å². The monoisotopic (exact) mass is 360 g/mol. The molecular weight excluding hydrogens is 336 g/mol. The topological polar surface area (TPSA) is 71.3 Å². The second kappa shape index (κ2) is 8.49. The van der Waals surface area contributed by atoms with Gasteiger partial charge in [-0.1, -0.05) is 30.8 Å². The molecule has 1 saturated heterocycles. The summed E-state index contributed by atoms with van der Waals surface area (Å²) in [6.45, 7) is 6.80. The predicted molar refractivity (Wildman–Crippen MR) is 98.6 cm³/mol. The molecule has 1 amide bonds. The summed E-state index contributed by atoms with van der Waals surface area (Å²) >= 11 is 1.29. The minimum absolute atomic E-state index is 0.0754. The van der Waals surface area contributed by atoms with Crippen molar-refractivity contribution in [2.45, 2.75) is 50.1 Å². The molecule has 6 nitrogen and oxygen atoms in total. The van der Waals surface area contributed by atoms with Gasteiger partial charge < -0.3 is 9.73 Å². The fraction of sp³-hybridized carbons (Fsp3) is 0.500. The highest BCUT2D eigenvalue weighted by Gasteiger charge is 2.20. The number of hydrogen-bond acceptors (Lipinski definition) is 6. The van der Waals surface area contributed by atoms with Crippen LogP contribution in [-0.2, 0) is 17.8 Å². The molecule has 2 heterocycles. The van der Waals surface area contributed by atoms with Crippen molar-refractivity contribution in [2.75, 3.05) is 18.4 Å². The number of rotatable bonds is 7. The SMILES string of the molecule is CCc1ccc(NC(=O)[C@@H](C)Sc2nnc(CN3CCCC3)o2)cc1. The van der Waals surface area contributed by atoms with E-state index >= 15 is 0 Å². The molecule has 1 aliphatic heterocycles. The Morgan fingerprint density at radius 2 is 2.00 bits per heavy atom. The lowest BCUT2D eigenvalue weighted by molar-refractivity contribution is -0.115. The van der Waals surface area contributed by atoms with Crippen LogP contribution in [0.25, 0.3) is 0 Å². The highest BCUT2D eigenvalue weighted by atomic mass is 32.2. The lowest BCUT2D eigenvalue weighted by Crippen LogP contribution is -2.22. The largest absolute Gasteiger partial charge is 0.415 e. The molecule has 0 spiro atoms. The third kappa shape index (κ3) is 5.06. The summed E-state index contributed by atoms with van der Waals surface area (Å²) < 4.78 is 5.67. The van der Waals surface area contributed by atoms with Gasteiger partial charge >= 0.3 is 0 Å². The minimum atomic E-state index is -0.314. The Balaban J connectivity index is 1.51. The predicted octanol–water partition coefficient (Wildman–Crippen LogP) is 3.35. The number of carbonyl (C=O) groups is 1. The Hall–Kier alpha value is -1.86. The lowest BCUT2D eigenvalue weighted by Gasteiger charge is -2.11. The number of amides is 1. The number of benzene rings is 1. The van der Waals surface area contributed by atoms with Gasteiger partial charge in [0.05, 0.1) is 11.8 Å². The molecule has 134 valence electrons. The summed E-state index contributed by atoms with van der Waals surface area (Å²) in [5.74, 6) is 0.542. The van der Waals surface area contributed by atoms with Crippen molar-refractivity contribution in [1.29, 1.82) is 0 Å². The van der Waals surface area contributed by atoms with Gasteiger partial charge in [0.15, 0.2) is 0 Å². The first-order valence-corrected chi connectivity index (χ1v) is 9.63. The van der Waals surface area contributed by atoms with E-state index in [2.05, 4.69) is 27.3 Å². The third-order valence-corrected chi connectivity index (χ3v) is 5.22. The normalized spacial score (nSPS) is 16.1. The molecule has 1 fully saturated rings. The van der Waals surface area contributed by atoms with Gasteiger partial charge in [0.1, 0.15) is 0 Å². The van der Waals surface area contributed by atoms with Crippen molar-refractivity contribution in [3.05, 3.63) is 35.7 Å². The van der Waals surface area contributed by atoms with E-state index in [1.165, 1.54) is 30.2 Å². The quantitative estimate of drug-likeness (QED) is 0.764. The standard InChI is InChI=1S/C18H24N4O2S/c1-3-14-6-8-15(9-7-14)19-17(23)13(2)25-18-21-20-16(24-18)12-22-10-4-5-11-22/h6-9,13H,3-5,10-12H2,1-2H3,(H,19,23)/t13-/m1/s1. The molecular formula is C18H24N4O2S. The van der Waals surface area contributed by atoms with E-state index in [-0.39, 0.29) is 11.2 Å². The molecule has 25 heavy (non-hydrogen) atoms. The maximum Gasteiger partial charge on any atom is 0.277 e. The van der Waals surface area contributed by atoms with Gasteiger partial charge in [0, 0.05) is 5.69 Å². The van der Waals surface area contributed by atoms with E-state index in [0.29, 0.717) is 17.7 Å². The average molecular weight is 360 g/mol. The van der Waals surface area contributed by atoms with Gasteiger partial charge in [0.25, 0.3) is 5.22 Å². The summed E-state index contributed by atoms with van der Waals surface area (Å²) in [6, 6.07) is 7.90. The highest BCUT2D eigenvalue weighted by Crippen LogP contribution is 2.24. The first kappa shape index (κ1) is 17.9. The van der Waals surface area contributed by atoms with E-state index in [1.54, 1.807) is 0 Å². The second-order valence-electron chi connectivity index (χ2n) is 6.24. The minimum Gasteiger partial charge on any atom is -0.415 e. The number of likely N-dealkylation sites (tertiary alicyclic amines) is 1. The van der Waals surface area contributed by atoms with Crippen molar-refractivity contribution >= 4 is 23.4 Å². The zero-order valence-corrected chi connectivity index (χ0v) is 15.5. The summed E-state index contributed by atoms with van der Waals surface area (Å²) in [4.78, 5) is 14.6. The molecule has 0 aliphatic carbocycles. The van der Waals surface area contributed by atoms with Crippen molar-refractivity contribution in [3.8, 4) is 0 Å². The molecule has 1 aromatic heterocycles. The van der Waals surface area contributed by atoms with E-state index in [9.17, 15) is 4.79 Å². The number of anilines is 1. The molecule has 1 N–H and O–H groups in total. The van der Waals surface area contributed by atoms with Crippen LogP contribution >= 0.6 is 11.8 Å². The van der Waals surface area contributed by atoms with Gasteiger partial charge in [-0.25, -0.2) is 0 Å². The number of aromatic nitrogens is 2. The number of nitrogens with zero attached hydrogens (tertiary/aromatic N) is 3. The maximum atomic E-state index is 12.3. The maximum absolute atomic E-state index is 12.3. The molecule has 3 rings (SSSR count). The average Bonchev–Trinajstić information content (AvgIpc) is 3.28. The lowest BCUT2D eigenvalue weighted by atomic mass is 10.1. The molecule has 0 radical (unpaired) electrons. The molecule has 2 aromatic rings. The molecule has 0 unspecified atom stereocenters. The number of aryl methyl sites for hydroxylation is 1. The Morgan fingerprint density at radius 1 is 1.28 bits per heavy atom. The number of nitrogens with one attached hydrogen (secondary N) is 1. The van der Waals surface area contributed by atoms with Crippen LogP contribution < -0.4 is 5.32 Å².